The third-order valence-electron chi connectivity index (χ3n) is 1.98. The molecule has 2 rings (SSSR count). The molecule has 0 aromatic heterocycles. The molecule has 0 bridgehead atoms. The largest absolute Gasteiger partial charge is 0.351 e. The molecule has 1 aliphatic rings. The SMILES string of the molecule is C#CC1(c2ccc(F)cc2)CO1. The van der Waals surface area contributed by atoms with Crippen molar-refractivity contribution in [1.29, 1.82) is 0 Å². The van der Waals surface area contributed by atoms with Gasteiger partial charge in [-0.25, -0.2) is 4.39 Å². The Bertz CT molecular complexity index is 330. The van der Waals surface area contributed by atoms with Gasteiger partial charge in [-0.2, -0.15) is 0 Å². The van der Waals surface area contributed by atoms with Crippen LogP contribution in [0.2, 0.25) is 0 Å². The molecule has 60 valence electrons. The first kappa shape index (κ1) is 7.33. The van der Waals surface area contributed by atoms with Crippen LogP contribution in [0.4, 0.5) is 4.39 Å². The van der Waals surface area contributed by atoms with Crippen LogP contribution in [0, 0.1) is 18.2 Å². The lowest BCUT2D eigenvalue weighted by Gasteiger charge is -2.02. The third-order valence-corrected chi connectivity index (χ3v) is 1.98. The molecule has 1 aliphatic heterocycles. The molecule has 0 radical (unpaired) electrons. The van der Waals surface area contributed by atoms with E-state index >= 15 is 0 Å². The van der Waals surface area contributed by atoms with Gasteiger partial charge in [0.15, 0.2) is 5.60 Å². The van der Waals surface area contributed by atoms with Gasteiger partial charge < -0.3 is 4.74 Å². The van der Waals surface area contributed by atoms with Crippen molar-refractivity contribution in [2.75, 3.05) is 6.61 Å². The minimum atomic E-state index is -0.562. The van der Waals surface area contributed by atoms with Gasteiger partial charge in [0.1, 0.15) is 5.82 Å². The maximum atomic E-state index is 12.5. The number of epoxide rings is 1. The molecule has 1 aromatic carbocycles. The first-order chi connectivity index (χ1) is 5.77. The van der Waals surface area contributed by atoms with Gasteiger partial charge in [0.25, 0.3) is 0 Å². The molecule has 0 amide bonds. The molecule has 1 atom stereocenters. The summed E-state index contributed by atoms with van der Waals surface area (Å²) in [5, 5.41) is 0. The fraction of sp³-hybridized carbons (Fsp3) is 0.200. The van der Waals surface area contributed by atoms with Crippen molar-refractivity contribution in [3.8, 4) is 12.3 Å². The summed E-state index contributed by atoms with van der Waals surface area (Å²) >= 11 is 0. The van der Waals surface area contributed by atoms with Crippen LogP contribution in [0.15, 0.2) is 24.3 Å². The van der Waals surface area contributed by atoms with Crippen molar-refractivity contribution in [3.63, 3.8) is 0 Å². The lowest BCUT2D eigenvalue weighted by Crippen LogP contribution is -2.04. The van der Waals surface area contributed by atoms with E-state index in [2.05, 4.69) is 5.92 Å². The lowest BCUT2D eigenvalue weighted by molar-refractivity contribution is 0.366. The Kier molecular flexibility index (Phi) is 1.42. The Labute approximate surface area is 70.2 Å². The summed E-state index contributed by atoms with van der Waals surface area (Å²) in [6.07, 6.45) is 5.27. The molecule has 1 unspecified atom stereocenters. The molecular weight excluding hydrogens is 155 g/mol. The van der Waals surface area contributed by atoms with Crippen LogP contribution in [-0.4, -0.2) is 6.61 Å². The zero-order chi connectivity index (χ0) is 8.60. The number of rotatable bonds is 1. The van der Waals surface area contributed by atoms with Gasteiger partial charge in [-0.05, 0) is 17.7 Å². The summed E-state index contributed by atoms with van der Waals surface area (Å²) in [5.74, 6) is 2.29. The molecule has 1 saturated heterocycles. The Morgan fingerprint density at radius 1 is 1.42 bits per heavy atom. The lowest BCUT2D eigenvalue weighted by atomic mass is 10.0. The normalized spacial score (nSPS) is 26.3. The molecule has 1 nitrogen and oxygen atoms in total. The van der Waals surface area contributed by atoms with Crippen molar-refractivity contribution in [3.05, 3.63) is 35.6 Å². The van der Waals surface area contributed by atoms with Crippen LogP contribution in [0.5, 0.6) is 0 Å². The van der Waals surface area contributed by atoms with Gasteiger partial charge >= 0.3 is 0 Å². The number of hydrogen-bond acceptors (Lipinski definition) is 1. The van der Waals surface area contributed by atoms with Crippen molar-refractivity contribution in [1.82, 2.24) is 0 Å². The minimum absolute atomic E-state index is 0.258. The highest BCUT2D eigenvalue weighted by molar-refractivity contribution is 5.35. The molecule has 1 heterocycles. The first-order valence-corrected chi connectivity index (χ1v) is 3.65. The molecule has 0 N–H and O–H groups in total. The predicted octanol–water partition coefficient (Wildman–Crippen LogP) is 1.68. The van der Waals surface area contributed by atoms with Crippen LogP contribution in [0.3, 0.4) is 0 Å². The van der Waals surface area contributed by atoms with E-state index in [0.29, 0.717) is 6.61 Å². The highest BCUT2D eigenvalue weighted by Crippen LogP contribution is 2.37. The smallest absolute Gasteiger partial charge is 0.177 e. The number of hydrogen-bond donors (Lipinski definition) is 0. The second-order valence-electron chi connectivity index (χ2n) is 2.77. The van der Waals surface area contributed by atoms with Crippen LogP contribution in [0.1, 0.15) is 5.56 Å². The highest BCUT2D eigenvalue weighted by Gasteiger charge is 2.44. The van der Waals surface area contributed by atoms with E-state index in [0.717, 1.165) is 5.56 Å². The van der Waals surface area contributed by atoms with Crippen LogP contribution in [-0.2, 0) is 10.3 Å². The van der Waals surface area contributed by atoms with Crippen molar-refractivity contribution >= 4 is 0 Å². The Morgan fingerprint density at radius 3 is 2.42 bits per heavy atom. The highest BCUT2D eigenvalue weighted by atomic mass is 19.1. The molecule has 2 heteroatoms. The van der Waals surface area contributed by atoms with Gasteiger partial charge in [0.05, 0.1) is 6.61 Å². The van der Waals surface area contributed by atoms with E-state index in [-0.39, 0.29) is 5.82 Å². The maximum Gasteiger partial charge on any atom is 0.177 e. The van der Waals surface area contributed by atoms with E-state index in [9.17, 15) is 4.39 Å². The fourth-order valence-electron chi connectivity index (χ4n) is 1.12. The molecule has 0 saturated carbocycles. The van der Waals surface area contributed by atoms with Crippen LogP contribution < -0.4 is 0 Å². The number of terminal acetylenes is 1. The number of ether oxygens (including phenoxy) is 1. The van der Waals surface area contributed by atoms with Crippen LogP contribution in [0.25, 0.3) is 0 Å². The Hall–Kier alpha value is -1.33. The molecular formula is C10H7FO. The van der Waals surface area contributed by atoms with Gasteiger partial charge in [0.2, 0.25) is 0 Å². The molecule has 1 fully saturated rings. The summed E-state index contributed by atoms with van der Waals surface area (Å²) in [6, 6.07) is 6.08. The zero-order valence-corrected chi connectivity index (χ0v) is 6.38. The van der Waals surface area contributed by atoms with Crippen molar-refractivity contribution in [2.24, 2.45) is 0 Å². The zero-order valence-electron chi connectivity index (χ0n) is 6.38. The Morgan fingerprint density at radius 2 is 2.00 bits per heavy atom. The topological polar surface area (TPSA) is 12.5 Å². The van der Waals surface area contributed by atoms with Gasteiger partial charge in [-0.3, -0.25) is 0 Å². The molecule has 12 heavy (non-hydrogen) atoms. The minimum Gasteiger partial charge on any atom is -0.351 e. The van der Waals surface area contributed by atoms with Crippen LogP contribution >= 0.6 is 0 Å². The van der Waals surface area contributed by atoms with Crippen molar-refractivity contribution in [2.45, 2.75) is 5.60 Å². The number of benzene rings is 1. The molecule has 0 spiro atoms. The summed E-state index contributed by atoms with van der Waals surface area (Å²) in [4.78, 5) is 0. The van der Waals surface area contributed by atoms with E-state index < -0.39 is 5.60 Å². The summed E-state index contributed by atoms with van der Waals surface area (Å²) in [5.41, 5.74) is 0.291. The first-order valence-electron chi connectivity index (χ1n) is 3.65. The Balaban J connectivity index is 2.37. The maximum absolute atomic E-state index is 12.5. The van der Waals surface area contributed by atoms with E-state index in [1.54, 1.807) is 12.1 Å². The van der Waals surface area contributed by atoms with E-state index in [1.165, 1.54) is 12.1 Å². The van der Waals surface area contributed by atoms with Gasteiger partial charge in [0, 0.05) is 0 Å². The standard InChI is InChI=1S/C10H7FO/c1-2-10(7-12-10)8-3-5-9(11)6-4-8/h1,3-6H,7H2. The summed E-state index contributed by atoms with van der Waals surface area (Å²) in [7, 11) is 0. The second kappa shape index (κ2) is 2.33. The van der Waals surface area contributed by atoms with E-state index in [4.69, 9.17) is 11.2 Å². The summed E-state index contributed by atoms with van der Waals surface area (Å²) < 4.78 is 17.6. The molecule has 0 aliphatic carbocycles. The monoisotopic (exact) mass is 162 g/mol. The van der Waals surface area contributed by atoms with E-state index in [1.807, 2.05) is 0 Å². The number of halogens is 1. The van der Waals surface area contributed by atoms with Gasteiger partial charge in [-0.1, -0.05) is 18.1 Å². The quantitative estimate of drug-likeness (QED) is 0.452. The second-order valence-corrected chi connectivity index (χ2v) is 2.77. The predicted molar refractivity (Wildman–Crippen MR) is 42.9 cm³/mol. The summed E-state index contributed by atoms with van der Waals surface area (Å²) in [6.45, 7) is 0.537. The van der Waals surface area contributed by atoms with Crippen molar-refractivity contribution < 1.29 is 9.13 Å². The average Bonchev–Trinajstić information content (AvgIpc) is 2.86. The van der Waals surface area contributed by atoms with Gasteiger partial charge in [-0.15, -0.1) is 6.42 Å². The average molecular weight is 162 g/mol. The fourth-order valence-corrected chi connectivity index (χ4v) is 1.12. The molecule has 1 aromatic rings. The third kappa shape index (κ3) is 0.992.